The number of hydrogen-bond acceptors (Lipinski definition) is 6. The standard InChI is InChI=1S/C35H45N3O6/c1-22(39)36-14-5-4-9-32(37-23(2)40)33(41)38-30-12-10-24(11-13-30)21-42-31-8-6-7-27(20-31)34(3)35(44-43-34)28-16-25-15-26(18-28)19-29(35)17-25/h6-8,10-13,20,25-26,28-29,32H,4-5,9,14-19,21H2,1-3H3,(H,36,39)(H,37,40)(H,38,41). The molecular weight excluding hydrogens is 558 g/mol. The SMILES string of the molecule is CC(=O)NCCCCC(NC(C)=O)C(=O)Nc1ccc(COc2cccc(C3(C)OOC34C3CC5CC(C3)CC4C5)c2)cc1. The Hall–Kier alpha value is -3.43. The first-order valence-electron chi connectivity index (χ1n) is 16.2. The van der Waals surface area contributed by atoms with Gasteiger partial charge in [0.05, 0.1) is 0 Å². The minimum absolute atomic E-state index is 0.0818. The van der Waals surface area contributed by atoms with E-state index in [9.17, 15) is 14.4 Å². The zero-order valence-corrected chi connectivity index (χ0v) is 26.0. The number of nitrogens with one attached hydrogen (secondary N) is 3. The van der Waals surface area contributed by atoms with E-state index in [0.29, 0.717) is 43.5 Å². The summed E-state index contributed by atoms with van der Waals surface area (Å²) in [7, 11) is 0. The Kier molecular flexibility index (Phi) is 8.70. The number of carbonyl (C=O) groups excluding carboxylic acids is 3. The van der Waals surface area contributed by atoms with Crippen molar-refractivity contribution < 1.29 is 28.9 Å². The van der Waals surface area contributed by atoms with Gasteiger partial charge in [0.2, 0.25) is 17.7 Å². The first-order chi connectivity index (χ1) is 21.2. The van der Waals surface area contributed by atoms with E-state index >= 15 is 0 Å². The molecule has 4 bridgehead atoms. The maximum atomic E-state index is 12.9. The van der Waals surface area contributed by atoms with Crippen molar-refractivity contribution >= 4 is 23.4 Å². The van der Waals surface area contributed by atoms with E-state index in [4.69, 9.17) is 14.5 Å². The topological polar surface area (TPSA) is 115 Å². The molecule has 2 unspecified atom stereocenters. The molecule has 1 heterocycles. The van der Waals surface area contributed by atoms with Crippen LogP contribution in [0.25, 0.3) is 0 Å². The highest BCUT2D eigenvalue weighted by atomic mass is 17.3. The molecule has 9 nitrogen and oxygen atoms in total. The number of unbranched alkanes of at least 4 members (excludes halogenated alkanes) is 1. The van der Waals surface area contributed by atoms with Crippen LogP contribution in [0.15, 0.2) is 48.5 Å². The molecule has 44 heavy (non-hydrogen) atoms. The average molecular weight is 604 g/mol. The van der Waals surface area contributed by atoms with Gasteiger partial charge in [-0.05, 0) is 117 Å². The molecule has 9 heteroatoms. The maximum absolute atomic E-state index is 12.9. The zero-order chi connectivity index (χ0) is 30.9. The molecule has 5 fully saturated rings. The van der Waals surface area contributed by atoms with Gasteiger partial charge in [-0.3, -0.25) is 14.4 Å². The van der Waals surface area contributed by atoms with Gasteiger partial charge in [-0.2, -0.15) is 0 Å². The summed E-state index contributed by atoms with van der Waals surface area (Å²) in [5.74, 6) is 3.01. The van der Waals surface area contributed by atoms with Crippen molar-refractivity contribution in [1.29, 1.82) is 0 Å². The fraction of sp³-hybridized carbons (Fsp3) is 0.571. The molecule has 3 amide bonds. The molecule has 7 rings (SSSR count). The van der Waals surface area contributed by atoms with Crippen LogP contribution in [0.3, 0.4) is 0 Å². The van der Waals surface area contributed by atoms with Gasteiger partial charge >= 0.3 is 0 Å². The van der Waals surface area contributed by atoms with Gasteiger partial charge in [0.1, 0.15) is 24.0 Å². The molecule has 0 aromatic heterocycles. The zero-order valence-electron chi connectivity index (χ0n) is 26.0. The van der Waals surface area contributed by atoms with Gasteiger partial charge in [0.25, 0.3) is 0 Å². The second kappa shape index (κ2) is 12.5. The summed E-state index contributed by atoms with van der Waals surface area (Å²) in [6, 6.07) is 15.1. The van der Waals surface area contributed by atoms with Gasteiger partial charge in [0, 0.05) is 26.1 Å². The van der Waals surface area contributed by atoms with Crippen LogP contribution < -0.4 is 20.7 Å². The number of carbonyl (C=O) groups is 3. The normalized spacial score (nSPS) is 30.3. The van der Waals surface area contributed by atoms with E-state index in [2.05, 4.69) is 35.0 Å². The molecule has 4 saturated carbocycles. The number of hydrogen-bond donors (Lipinski definition) is 3. The average Bonchev–Trinajstić information content (AvgIpc) is 2.98. The third-order valence-electron chi connectivity index (χ3n) is 10.4. The summed E-state index contributed by atoms with van der Waals surface area (Å²) in [5, 5.41) is 8.38. The molecule has 2 aromatic carbocycles. The molecule has 236 valence electrons. The quantitative estimate of drug-likeness (QED) is 0.222. The first-order valence-corrected chi connectivity index (χ1v) is 16.2. The number of anilines is 1. The van der Waals surface area contributed by atoms with Crippen LogP contribution in [0.4, 0.5) is 5.69 Å². The van der Waals surface area contributed by atoms with E-state index in [1.54, 1.807) is 0 Å². The minimum Gasteiger partial charge on any atom is -0.489 e. The highest BCUT2D eigenvalue weighted by molar-refractivity contribution is 5.96. The fourth-order valence-corrected chi connectivity index (χ4v) is 8.55. The summed E-state index contributed by atoms with van der Waals surface area (Å²) in [4.78, 5) is 47.8. The Morgan fingerprint density at radius 1 is 0.909 bits per heavy atom. The molecule has 1 spiro atoms. The van der Waals surface area contributed by atoms with Crippen LogP contribution in [0, 0.1) is 23.7 Å². The maximum Gasteiger partial charge on any atom is 0.246 e. The Balaban J connectivity index is 1.04. The monoisotopic (exact) mass is 603 g/mol. The number of amides is 3. The Morgan fingerprint density at radius 2 is 1.61 bits per heavy atom. The molecule has 2 atom stereocenters. The van der Waals surface area contributed by atoms with Crippen molar-refractivity contribution in [2.75, 3.05) is 11.9 Å². The predicted octanol–water partition coefficient (Wildman–Crippen LogP) is 5.39. The van der Waals surface area contributed by atoms with Crippen LogP contribution in [0.1, 0.15) is 83.3 Å². The van der Waals surface area contributed by atoms with Crippen molar-refractivity contribution in [3.8, 4) is 5.75 Å². The lowest BCUT2D eigenvalue weighted by Crippen LogP contribution is -2.74. The van der Waals surface area contributed by atoms with E-state index in [1.165, 1.54) is 46.0 Å². The lowest BCUT2D eigenvalue weighted by molar-refractivity contribution is -0.590. The van der Waals surface area contributed by atoms with Crippen molar-refractivity contribution in [2.45, 2.75) is 96.0 Å². The van der Waals surface area contributed by atoms with Gasteiger partial charge in [-0.25, -0.2) is 9.78 Å². The molecule has 1 saturated heterocycles. The minimum atomic E-state index is -0.648. The van der Waals surface area contributed by atoms with Crippen LogP contribution in [-0.4, -0.2) is 35.9 Å². The fourth-order valence-electron chi connectivity index (χ4n) is 8.55. The van der Waals surface area contributed by atoms with Crippen LogP contribution in [-0.2, 0) is 36.4 Å². The smallest absolute Gasteiger partial charge is 0.246 e. The van der Waals surface area contributed by atoms with Crippen molar-refractivity contribution in [3.63, 3.8) is 0 Å². The van der Waals surface area contributed by atoms with Gasteiger partial charge < -0.3 is 20.7 Å². The first kappa shape index (κ1) is 30.6. The van der Waals surface area contributed by atoms with E-state index < -0.39 is 11.6 Å². The van der Waals surface area contributed by atoms with Gasteiger partial charge in [0.15, 0.2) is 5.60 Å². The summed E-state index contributed by atoms with van der Waals surface area (Å²) < 4.78 is 6.21. The summed E-state index contributed by atoms with van der Waals surface area (Å²) in [5.41, 5.74) is 2.01. The largest absolute Gasteiger partial charge is 0.489 e. The summed E-state index contributed by atoms with van der Waals surface area (Å²) in [6.45, 7) is 6.00. The number of ether oxygens (including phenoxy) is 1. The van der Waals surface area contributed by atoms with Crippen LogP contribution >= 0.6 is 0 Å². The Bertz CT molecular complexity index is 1350. The number of benzene rings is 2. The molecule has 2 aromatic rings. The highest BCUT2D eigenvalue weighted by Crippen LogP contribution is 2.69. The lowest BCUT2D eigenvalue weighted by Gasteiger charge is -2.69. The van der Waals surface area contributed by atoms with Crippen LogP contribution in [0.2, 0.25) is 0 Å². The second-order valence-corrected chi connectivity index (χ2v) is 13.5. The molecule has 4 aliphatic carbocycles. The van der Waals surface area contributed by atoms with Gasteiger partial charge in [-0.15, -0.1) is 0 Å². The summed E-state index contributed by atoms with van der Waals surface area (Å²) >= 11 is 0. The van der Waals surface area contributed by atoms with Crippen LogP contribution in [0.5, 0.6) is 5.75 Å². The Morgan fingerprint density at radius 3 is 2.23 bits per heavy atom. The second-order valence-electron chi connectivity index (χ2n) is 13.5. The molecule has 5 aliphatic rings. The van der Waals surface area contributed by atoms with Crippen molar-refractivity contribution in [1.82, 2.24) is 10.6 Å². The molecule has 3 N–H and O–H groups in total. The van der Waals surface area contributed by atoms with Crippen molar-refractivity contribution in [2.24, 2.45) is 23.7 Å². The third-order valence-corrected chi connectivity index (χ3v) is 10.4. The van der Waals surface area contributed by atoms with Gasteiger partial charge in [-0.1, -0.05) is 24.3 Å². The third kappa shape index (κ3) is 5.96. The number of rotatable bonds is 12. The highest BCUT2D eigenvalue weighted by Gasteiger charge is 2.73. The van der Waals surface area contributed by atoms with E-state index in [-0.39, 0.29) is 23.3 Å². The predicted molar refractivity (Wildman–Crippen MR) is 165 cm³/mol. The van der Waals surface area contributed by atoms with E-state index in [1.807, 2.05) is 36.4 Å². The molecule has 1 aliphatic heterocycles. The van der Waals surface area contributed by atoms with Crippen molar-refractivity contribution in [3.05, 3.63) is 59.7 Å². The summed E-state index contributed by atoms with van der Waals surface area (Å²) in [6.07, 6.45) is 8.32. The lowest BCUT2D eigenvalue weighted by atomic mass is 9.45. The molecule has 0 radical (unpaired) electrons. The molecular formula is C35H45N3O6. The van der Waals surface area contributed by atoms with E-state index in [0.717, 1.165) is 35.1 Å². The Labute approximate surface area is 259 Å².